The Bertz CT molecular complexity index is 860. The molecule has 2 saturated heterocycles. The van der Waals surface area contributed by atoms with Crippen LogP contribution in [0.3, 0.4) is 0 Å². The fraction of sp³-hybridized carbons (Fsp3) is 0.529. The molecule has 2 fully saturated rings. The maximum atomic E-state index is 12.7. The number of carbonyl (C=O) groups excluding carboxylic acids is 1. The van der Waals surface area contributed by atoms with Gasteiger partial charge in [0.2, 0.25) is 15.9 Å². The van der Waals surface area contributed by atoms with Gasteiger partial charge in [-0.3, -0.25) is 4.79 Å². The third-order valence-corrected chi connectivity index (χ3v) is 8.04. The molecule has 0 spiro atoms. The Morgan fingerprint density at radius 2 is 2.08 bits per heavy atom. The minimum Gasteiger partial charge on any atom is -0.333 e. The van der Waals surface area contributed by atoms with Crippen LogP contribution in [0.4, 0.5) is 0 Å². The summed E-state index contributed by atoms with van der Waals surface area (Å²) < 4.78 is 26.3. The van der Waals surface area contributed by atoms with Crippen molar-refractivity contribution in [3.8, 4) is 0 Å². The van der Waals surface area contributed by atoms with Crippen molar-refractivity contribution in [1.29, 1.82) is 0 Å². The average molecular weight is 380 g/mol. The second kappa shape index (κ2) is 6.66. The van der Waals surface area contributed by atoms with Crippen LogP contribution in [0.2, 0.25) is 0 Å². The predicted octanol–water partition coefficient (Wildman–Crippen LogP) is 2.39. The van der Waals surface area contributed by atoms with Gasteiger partial charge in [0.05, 0.1) is 22.0 Å². The zero-order valence-electron chi connectivity index (χ0n) is 13.9. The number of para-hydroxylation sites is 1. The van der Waals surface area contributed by atoms with Gasteiger partial charge in [-0.25, -0.2) is 17.7 Å². The van der Waals surface area contributed by atoms with Crippen LogP contribution in [-0.2, 0) is 14.8 Å². The van der Waals surface area contributed by atoms with Gasteiger partial charge in [0.1, 0.15) is 5.01 Å². The highest BCUT2D eigenvalue weighted by Gasteiger charge is 2.34. The summed E-state index contributed by atoms with van der Waals surface area (Å²) in [7, 11) is -3.14. The SMILES string of the molecule is O=C(CCN1CCCS1(=O)=O)N1CCC[C@H]1c1nc2ccccc2s1. The molecule has 8 heteroatoms. The molecule has 1 aromatic carbocycles. The van der Waals surface area contributed by atoms with Crippen LogP contribution in [0, 0.1) is 0 Å². The summed E-state index contributed by atoms with van der Waals surface area (Å²) in [5.74, 6) is 0.239. The van der Waals surface area contributed by atoms with E-state index < -0.39 is 10.0 Å². The molecule has 6 nitrogen and oxygen atoms in total. The topological polar surface area (TPSA) is 70.6 Å². The quantitative estimate of drug-likeness (QED) is 0.818. The molecule has 0 aliphatic carbocycles. The number of amides is 1. The van der Waals surface area contributed by atoms with Gasteiger partial charge in [-0.05, 0) is 31.4 Å². The molecule has 0 unspecified atom stereocenters. The lowest BCUT2D eigenvalue weighted by atomic mass is 10.2. The van der Waals surface area contributed by atoms with Crippen LogP contribution in [0.25, 0.3) is 10.2 Å². The molecule has 2 aliphatic heterocycles. The number of sulfonamides is 1. The van der Waals surface area contributed by atoms with Gasteiger partial charge in [0.15, 0.2) is 0 Å². The van der Waals surface area contributed by atoms with E-state index in [4.69, 9.17) is 4.98 Å². The summed E-state index contributed by atoms with van der Waals surface area (Å²) in [5, 5.41) is 0.987. The number of hydrogen-bond acceptors (Lipinski definition) is 5. The number of carbonyl (C=O) groups is 1. The van der Waals surface area contributed by atoms with Gasteiger partial charge < -0.3 is 4.90 Å². The largest absolute Gasteiger partial charge is 0.333 e. The van der Waals surface area contributed by atoms with Gasteiger partial charge in [-0.1, -0.05) is 12.1 Å². The number of hydrogen-bond donors (Lipinski definition) is 0. The molecular weight excluding hydrogens is 358 g/mol. The maximum Gasteiger partial charge on any atom is 0.224 e. The molecule has 3 heterocycles. The zero-order chi connectivity index (χ0) is 17.4. The lowest BCUT2D eigenvalue weighted by Crippen LogP contribution is -2.35. The molecule has 0 radical (unpaired) electrons. The second-order valence-corrected chi connectivity index (χ2v) is 9.73. The van der Waals surface area contributed by atoms with E-state index in [1.54, 1.807) is 11.3 Å². The van der Waals surface area contributed by atoms with Gasteiger partial charge >= 0.3 is 0 Å². The molecule has 0 saturated carbocycles. The second-order valence-electron chi connectivity index (χ2n) is 6.58. The Balaban J connectivity index is 1.46. The summed E-state index contributed by atoms with van der Waals surface area (Å²) in [6, 6.07) is 8.04. The Hall–Kier alpha value is -1.51. The molecule has 1 aromatic heterocycles. The van der Waals surface area contributed by atoms with Crippen LogP contribution < -0.4 is 0 Å². The van der Waals surface area contributed by atoms with Crippen molar-refractivity contribution in [2.75, 3.05) is 25.4 Å². The van der Waals surface area contributed by atoms with Crippen molar-refractivity contribution in [3.05, 3.63) is 29.3 Å². The highest BCUT2D eigenvalue weighted by atomic mass is 32.2. The van der Waals surface area contributed by atoms with Gasteiger partial charge in [-0.2, -0.15) is 0 Å². The Morgan fingerprint density at radius 3 is 2.84 bits per heavy atom. The van der Waals surface area contributed by atoms with E-state index in [1.807, 2.05) is 23.1 Å². The number of aromatic nitrogens is 1. The zero-order valence-corrected chi connectivity index (χ0v) is 15.6. The van der Waals surface area contributed by atoms with Crippen molar-refractivity contribution in [2.24, 2.45) is 0 Å². The minimum absolute atomic E-state index is 0.0279. The summed E-state index contributed by atoms with van der Waals surface area (Å²) in [5.41, 5.74) is 0.977. The van der Waals surface area contributed by atoms with Crippen LogP contribution in [0.5, 0.6) is 0 Å². The lowest BCUT2D eigenvalue weighted by molar-refractivity contribution is -0.132. The van der Waals surface area contributed by atoms with E-state index in [9.17, 15) is 13.2 Å². The highest BCUT2D eigenvalue weighted by Crippen LogP contribution is 2.36. The van der Waals surface area contributed by atoms with Crippen molar-refractivity contribution in [1.82, 2.24) is 14.2 Å². The normalized spacial score (nSPS) is 23.5. The van der Waals surface area contributed by atoms with Crippen molar-refractivity contribution >= 4 is 37.5 Å². The molecule has 25 heavy (non-hydrogen) atoms. The van der Waals surface area contributed by atoms with Crippen LogP contribution in [0.15, 0.2) is 24.3 Å². The Kier molecular flexibility index (Phi) is 4.51. The standard InChI is InChI=1S/C17H21N3O3S2/c21-16(8-11-19-9-4-12-25(19,22)23)20-10-3-6-14(20)17-18-13-5-1-2-7-15(13)24-17/h1-2,5,7,14H,3-4,6,8-12H2/t14-/m0/s1. The molecule has 4 rings (SSSR count). The maximum absolute atomic E-state index is 12.7. The van der Waals surface area contributed by atoms with Crippen LogP contribution in [-0.4, -0.2) is 53.9 Å². The van der Waals surface area contributed by atoms with Gasteiger partial charge in [0, 0.05) is 26.1 Å². The fourth-order valence-electron chi connectivity index (χ4n) is 3.66. The van der Waals surface area contributed by atoms with E-state index >= 15 is 0 Å². The molecule has 1 atom stereocenters. The van der Waals surface area contributed by atoms with Crippen molar-refractivity contribution < 1.29 is 13.2 Å². The predicted molar refractivity (Wildman–Crippen MR) is 97.9 cm³/mol. The summed E-state index contributed by atoms with van der Waals surface area (Å²) in [4.78, 5) is 19.3. The van der Waals surface area contributed by atoms with Crippen LogP contribution in [0.1, 0.15) is 36.7 Å². The fourth-order valence-corrected chi connectivity index (χ4v) is 6.30. The van der Waals surface area contributed by atoms with Gasteiger partial charge in [0.25, 0.3) is 0 Å². The van der Waals surface area contributed by atoms with Crippen molar-refractivity contribution in [2.45, 2.75) is 31.7 Å². The number of likely N-dealkylation sites (tertiary alicyclic amines) is 1. The molecule has 0 N–H and O–H groups in total. The molecule has 1 amide bonds. The van der Waals surface area contributed by atoms with E-state index in [0.29, 0.717) is 19.5 Å². The first kappa shape index (κ1) is 16.9. The van der Waals surface area contributed by atoms with Crippen molar-refractivity contribution in [3.63, 3.8) is 0 Å². The highest BCUT2D eigenvalue weighted by molar-refractivity contribution is 7.89. The monoisotopic (exact) mass is 379 g/mol. The first-order valence-electron chi connectivity index (χ1n) is 8.67. The van der Waals surface area contributed by atoms with Gasteiger partial charge in [-0.15, -0.1) is 11.3 Å². The lowest BCUT2D eigenvalue weighted by Gasteiger charge is -2.24. The summed E-state index contributed by atoms with van der Waals surface area (Å²) in [6.07, 6.45) is 2.80. The first-order chi connectivity index (χ1) is 12.0. The summed E-state index contributed by atoms with van der Waals surface area (Å²) >= 11 is 1.65. The van der Waals surface area contributed by atoms with E-state index in [-0.39, 0.29) is 24.1 Å². The number of benzene rings is 1. The molecule has 2 aromatic rings. The number of thiazole rings is 1. The number of fused-ring (bicyclic) bond motifs is 1. The first-order valence-corrected chi connectivity index (χ1v) is 11.1. The van der Waals surface area contributed by atoms with E-state index in [0.717, 1.165) is 34.6 Å². The number of rotatable bonds is 4. The number of nitrogens with zero attached hydrogens (tertiary/aromatic N) is 3. The average Bonchev–Trinajstić information content (AvgIpc) is 3.29. The molecule has 134 valence electrons. The third-order valence-electron chi connectivity index (χ3n) is 4.95. The van der Waals surface area contributed by atoms with E-state index in [2.05, 4.69) is 6.07 Å². The third kappa shape index (κ3) is 3.30. The molecular formula is C17H21N3O3S2. The smallest absolute Gasteiger partial charge is 0.224 e. The molecule has 0 bridgehead atoms. The molecule has 2 aliphatic rings. The van der Waals surface area contributed by atoms with Crippen LogP contribution >= 0.6 is 11.3 Å². The minimum atomic E-state index is -3.14. The Morgan fingerprint density at radius 1 is 1.24 bits per heavy atom. The van der Waals surface area contributed by atoms with E-state index in [1.165, 1.54) is 4.31 Å². The summed E-state index contributed by atoms with van der Waals surface area (Å²) in [6.45, 7) is 1.56. The Labute approximate surface area is 151 Å².